The molecule has 2 heteroatoms. The summed E-state index contributed by atoms with van der Waals surface area (Å²) in [4.78, 5) is 12.5. The van der Waals surface area contributed by atoms with E-state index in [-0.39, 0.29) is 18.0 Å². The predicted octanol–water partition coefficient (Wildman–Crippen LogP) is 4.79. The maximum atomic E-state index is 12.5. The second-order valence-corrected chi connectivity index (χ2v) is 6.93. The van der Waals surface area contributed by atoms with Gasteiger partial charge in [-0.25, -0.2) is 0 Å². The van der Waals surface area contributed by atoms with Crippen molar-refractivity contribution in [2.75, 3.05) is 0 Å². The van der Waals surface area contributed by atoms with E-state index in [0.717, 1.165) is 12.0 Å². The minimum atomic E-state index is -0.184. The lowest BCUT2D eigenvalue weighted by Crippen LogP contribution is -2.36. The first-order chi connectivity index (χ1) is 9.99. The minimum Gasteiger partial charge on any atom is -0.462 e. The molecule has 116 valence electrons. The Labute approximate surface area is 128 Å². The van der Waals surface area contributed by atoms with E-state index in [4.69, 9.17) is 4.74 Å². The van der Waals surface area contributed by atoms with Crippen molar-refractivity contribution in [3.8, 4) is 0 Å². The van der Waals surface area contributed by atoms with Crippen LogP contribution in [0.4, 0.5) is 0 Å². The Balaban J connectivity index is 2.02. The first-order valence-electron chi connectivity index (χ1n) is 8.24. The summed E-state index contributed by atoms with van der Waals surface area (Å²) in [6, 6.07) is 9.90. The zero-order valence-electron chi connectivity index (χ0n) is 13.7. The van der Waals surface area contributed by atoms with Gasteiger partial charge >= 0.3 is 5.97 Å². The normalized spacial score (nSPS) is 27.4. The molecule has 0 heterocycles. The van der Waals surface area contributed by atoms with Gasteiger partial charge in [-0.2, -0.15) is 0 Å². The summed E-state index contributed by atoms with van der Waals surface area (Å²) in [6.07, 6.45) is 3.53. The van der Waals surface area contributed by atoms with E-state index >= 15 is 0 Å². The van der Waals surface area contributed by atoms with E-state index in [1.807, 2.05) is 37.3 Å². The molecule has 1 saturated carbocycles. The van der Waals surface area contributed by atoms with E-state index in [9.17, 15) is 4.79 Å². The number of benzene rings is 1. The highest BCUT2D eigenvalue weighted by molar-refractivity contribution is 5.77. The minimum absolute atomic E-state index is 0.0778. The van der Waals surface area contributed by atoms with Crippen LogP contribution < -0.4 is 0 Å². The molecule has 4 atom stereocenters. The first-order valence-corrected chi connectivity index (χ1v) is 8.24. The van der Waals surface area contributed by atoms with Crippen molar-refractivity contribution in [3.05, 3.63) is 35.9 Å². The highest BCUT2D eigenvalue weighted by atomic mass is 16.5. The van der Waals surface area contributed by atoms with Crippen LogP contribution in [-0.2, 0) is 9.53 Å². The molecule has 1 aliphatic carbocycles. The van der Waals surface area contributed by atoms with Gasteiger partial charge in [0.1, 0.15) is 6.10 Å². The molecule has 0 bridgehead atoms. The predicted molar refractivity (Wildman–Crippen MR) is 86.1 cm³/mol. The van der Waals surface area contributed by atoms with Gasteiger partial charge in [0.05, 0.1) is 5.92 Å². The van der Waals surface area contributed by atoms with Crippen LogP contribution in [0.3, 0.4) is 0 Å². The molecule has 0 saturated heterocycles. The van der Waals surface area contributed by atoms with Gasteiger partial charge in [0.25, 0.3) is 0 Å². The van der Waals surface area contributed by atoms with Crippen LogP contribution in [0.15, 0.2) is 30.3 Å². The van der Waals surface area contributed by atoms with Crippen LogP contribution in [0.5, 0.6) is 0 Å². The Morgan fingerprint density at radius 2 is 1.81 bits per heavy atom. The molecule has 1 aromatic carbocycles. The Morgan fingerprint density at radius 1 is 1.14 bits per heavy atom. The number of ether oxygens (including phenoxy) is 1. The van der Waals surface area contributed by atoms with Crippen molar-refractivity contribution in [2.24, 2.45) is 17.8 Å². The molecule has 0 aliphatic heterocycles. The summed E-state index contributed by atoms with van der Waals surface area (Å²) < 4.78 is 5.91. The van der Waals surface area contributed by atoms with Gasteiger partial charge in [-0.3, -0.25) is 4.79 Å². The quantitative estimate of drug-likeness (QED) is 0.744. The summed E-state index contributed by atoms with van der Waals surface area (Å²) >= 11 is 0. The second kappa shape index (κ2) is 7.11. The number of esters is 1. The van der Waals surface area contributed by atoms with Crippen LogP contribution in [0, 0.1) is 17.8 Å². The smallest absolute Gasteiger partial charge is 0.313 e. The average Bonchev–Trinajstić information content (AvgIpc) is 2.47. The van der Waals surface area contributed by atoms with Crippen LogP contribution in [0.1, 0.15) is 58.4 Å². The van der Waals surface area contributed by atoms with Crippen LogP contribution in [-0.4, -0.2) is 12.1 Å². The molecular formula is C19H28O2. The average molecular weight is 288 g/mol. The van der Waals surface area contributed by atoms with E-state index < -0.39 is 0 Å². The zero-order valence-corrected chi connectivity index (χ0v) is 13.7. The number of hydrogen-bond donors (Lipinski definition) is 0. The van der Waals surface area contributed by atoms with Crippen LogP contribution >= 0.6 is 0 Å². The van der Waals surface area contributed by atoms with Gasteiger partial charge in [0, 0.05) is 0 Å². The first kappa shape index (κ1) is 16.1. The SMILES string of the molecule is CC(C)[C@@H]1CC[C@@H](C)C[C@H]1OC(=O)[C@@H](C)c1ccccc1. The van der Waals surface area contributed by atoms with Gasteiger partial charge in [-0.1, -0.05) is 57.5 Å². The molecule has 0 radical (unpaired) electrons. The highest BCUT2D eigenvalue weighted by Crippen LogP contribution is 2.36. The van der Waals surface area contributed by atoms with E-state index in [1.165, 1.54) is 12.8 Å². The lowest BCUT2D eigenvalue weighted by atomic mass is 9.75. The third kappa shape index (κ3) is 4.09. The van der Waals surface area contributed by atoms with E-state index in [0.29, 0.717) is 17.8 Å². The lowest BCUT2D eigenvalue weighted by molar-refractivity contribution is -0.157. The van der Waals surface area contributed by atoms with Crippen molar-refractivity contribution < 1.29 is 9.53 Å². The molecule has 0 spiro atoms. The molecule has 21 heavy (non-hydrogen) atoms. The topological polar surface area (TPSA) is 26.3 Å². The molecule has 0 N–H and O–H groups in total. The maximum Gasteiger partial charge on any atom is 0.313 e. The Kier molecular flexibility index (Phi) is 5.44. The largest absolute Gasteiger partial charge is 0.462 e. The van der Waals surface area contributed by atoms with Crippen molar-refractivity contribution in [3.63, 3.8) is 0 Å². The van der Waals surface area contributed by atoms with Crippen LogP contribution in [0.2, 0.25) is 0 Å². The van der Waals surface area contributed by atoms with Crippen molar-refractivity contribution >= 4 is 5.97 Å². The van der Waals surface area contributed by atoms with Gasteiger partial charge in [0.2, 0.25) is 0 Å². The molecule has 0 unspecified atom stereocenters. The Bertz CT molecular complexity index is 452. The van der Waals surface area contributed by atoms with Gasteiger partial charge in [0.15, 0.2) is 0 Å². The highest BCUT2D eigenvalue weighted by Gasteiger charge is 2.34. The zero-order chi connectivity index (χ0) is 15.4. The van der Waals surface area contributed by atoms with Gasteiger partial charge in [-0.05, 0) is 43.1 Å². The monoisotopic (exact) mass is 288 g/mol. The molecule has 2 rings (SSSR count). The van der Waals surface area contributed by atoms with Crippen molar-refractivity contribution in [1.82, 2.24) is 0 Å². The molecule has 1 aliphatic rings. The molecule has 0 amide bonds. The summed E-state index contributed by atoms with van der Waals surface area (Å²) in [7, 11) is 0. The van der Waals surface area contributed by atoms with Crippen molar-refractivity contribution in [1.29, 1.82) is 0 Å². The summed E-state index contributed by atoms with van der Waals surface area (Å²) in [5, 5.41) is 0. The molecule has 1 aromatic rings. The Hall–Kier alpha value is -1.31. The van der Waals surface area contributed by atoms with Gasteiger partial charge < -0.3 is 4.74 Å². The Morgan fingerprint density at radius 3 is 2.43 bits per heavy atom. The number of carbonyl (C=O) groups is 1. The fraction of sp³-hybridized carbons (Fsp3) is 0.632. The third-order valence-corrected chi connectivity index (χ3v) is 4.88. The van der Waals surface area contributed by atoms with Gasteiger partial charge in [-0.15, -0.1) is 0 Å². The fourth-order valence-electron chi connectivity index (χ4n) is 3.38. The summed E-state index contributed by atoms with van der Waals surface area (Å²) in [6.45, 7) is 8.68. The molecule has 1 fully saturated rings. The second-order valence-electron chi connectivity index (χ2n) is 6.93. The lowest BCUT2D eigenvalue weighted by Gasteiger charge is -2.37. The molecule has 0 aromatic heterocycles. The fourth-order valence-corrected chi connectivity index (χ4v) is 3.38. The summed E-state index contributed by atoms with van der Waals surface area (Å²) in [5.74, 6) is 1.47. The molecule has 2 nitrogen and oxygen atoms in total. The standard InChI is InChI=1S/C19H28O2/c1-13(2)17-11-10-14(3)12-18(17)21-19(20)15(4)16-8-6-5-7-9-16/h5-9,13-15,17-18H,10-12H2,1-4H3/t14-,15+,17+,18-/m1/s1. The number of rotatable bonds is 4. The summed E-state index contributed by atoms with van der Waals surface area (Å²) in [5.41, 5.74) is 1.03. The number of hydrogen-bond acceptors (Lipinski definition) is 2. The van der Waals surface area contributed by atoms with Crippen molar-refractivity contribution in [2.45, 2.75) is 59.0 Å². The van der Waals surface area contributed by atoms with Crippen LogP contribution in [0.25, 0.3) is 0 Å². The number of carbonyl (C=O) groups excluding carboxylic acids is 1. The van der Waals surface area contributed by atoms with E-state index in [2.05, 4.69) is 20.8 Å². The third-order valence-electron chi connectivity index (χ3n) is 4.88. The maximum absolute atomic E-state index is 12.5. The van der Waals surface area contributed by atoms with E-state index in [1.54, 1.807) is 0 Å². The molecular weight excluding hydrogens is 260 g/mol.